The maximum Gasteiger partial charge on any atom is 0.225 e. The Labute approximate surface area is 140 Å². The lowest BCUT2D eigenvalue weighted by Gasteiger charge is -2.23. The molecule has 3 N–H and O–H groups in total. The quantitative estimate of drug-likeness (QED) is 0.762. The van der Waals surface area contributed by atoms with Gasteiger partial charge in [-0.05, 0) is 24.3 Å². The van der Waals surface area contributed by atoms with Crippen molar-refractivity contribution in [2.75, 3.05) is 26.8 Å². The van der Waals surface area contributed by atoms with Gasteiger partial charge in [-0.3, -0.25) is 4.79 Å². The minimum atomic E-state index is -0.455. The third-order valence-electron chi connectivity index (χ3n) is 3.78. The van der Waals surface area contributed by atoms with Crippen molar-refractivity contribution in [3.63, 3.8) is 0 Å². The molecule has 1 saturated heterocycles. The number of nitrogens with two attached hydrogens (primary N) is 1. The lowest BCUT2D eigenvalue weighted by atomic mass is 10.2. The summed E-state index contributed by atoms with van der Waals surface area (Å²) in [4.78, 5) is 15.7. The van der Waals surface area contributed by atoms with Crippen LogP contribution in [0.15, 0.2) is 24.3 Å². The summed E-state index contributed by atoms with van der Waals surface area (Å²) in [5, 5.41) is 7.72. The first kappa shape index (κ1) is 16.4. The van der Waals surface area contributed by atoms with Gasteiger partial charge in [0.05, 0.1) is 31.9 Å². The van der Waals surface area contributed by atoms with Crippen molar-refractivity contribution in [3.8, 4) is 11.4 Å². The second kappa shape index (κ2) is 7.41. The molecular formula is C16H21N5O3. The number of hydrogen-bond donors (Lipinski definition) is 2. The van der Waals surface area contributed by atoms with Gasteiger partial charge in [0.25, 0.3) is 0 Å². The van der Waals surface area contributed by atoms with Gasteiger partial charge in [0.2, 0.25) is 5.91 Å². The van der Waals surface area contributed by atoms with Crippen molar-refractivity contribution < 1.29 is 14.3 Å². The maximum atomic E-state index is 11.2. The molecule has 2 heterocycles. The van der Waals surface area contributed by atoms with Gasteiger partial charge in [0.15, 0.2) is 5.82 Å². The Morgan fingerprint density at radius 3 is 2.88 bits per heavy atom. The highest BCUT2D eigenvalue weighted by Crippen LogP contribution is 2.17. The summed E-state index contributed by atoms with van der Waals surface area (Å²) < 4.78 is 12.7. The number of carbonyl (C=O) groups excluding carboxylic acids is 1. The Kier molecular flexibility index (Phi) is 5.07. The summed E-state index contributed by atoms with van der Waals surface area (Å²) in [5.41, 5.74) is 6.11. The Balaban J connectivity index is 1.88. The molecule has 1 atom stereocenters. The molecule has 1 amide bonds. The molecule has 1 aliphatic heterocycles. The smallest absolute Gasteiger partial charge is 0.225 e. The molecule has 1 fully saturated rings. The highest BCUT2D eigenvalue weighted by atomic mass is 16.5. The fourth-order valence-electron chi connectivity index (χ4n) is 2.64. The maximum absolute atomic E-state index is 11.2. The van der Waals surface area contributed by atoms with Gasteiger partial charge in [-0.15, -0.1) is 0 Å². The van der Waals surface area contributed by atoms with Gasteiger partial charge in [-0.25, -0.2) is 9.67 Å². The summed E-state index contributed by atoms with van der Waals surface area (Å²) in [5.74, 6) is 1.46. The van der Waals surface area contributed by atoms with Crippen LogP contribution < -0.4 is 15.8 Å². The van der Waals surface area contributed by atoms with Gasteiger partial charge in [-0.2, -0.15) is 5.10 Å². The van der Waals surface area contributed by atoms with Crippen LogP contribution in [0.5, 0.6) is 5.75 Å². The third-order valence-corrected chi connectivity index (χ3v) is 3.78. The van der Waals surface area contributed by atoms with E-state index in [0.717, 1.165) is 30.4 Å². The topological polar surface area (TPSA) is 104 Å². The van der Waals surface area contributed by atoms with Crippen molar-refractivity contribution in [2.45, 2.75) is 18.9 Å². The SMILES string of the molecule is COc1ccc(-n2nc(CC(N)=O)nc2CC2CNCCO2)cc1. The largest absolute Gasteiger partial charge is 0.497 e. The number of ether oxygens (including phenoxy) is 2. The Morgan fingerprint density at radius 2 is 2.25 bits per heavy atom. The van der Waals surface area contributed by atoms with Crippen LogP contribution in [-0.4, -0.2) is 53.6 Å². The molecule has 0 spiro atoms. The van der Waals surface area contributed by atoms with E-state index in [1.165, 1.54) is 0 Å². The zero-order valence-electron chi connectivity index (χ0n) is 13.6. The number of benzene rings is 1. The number of hydrogen-bond acceptors (Lipinski definition) is 6. The van der Waals surface area contributed by atoms with E-state index in [2.05, 4.69) is 15.4 Å². The Morgan fingerprint density at radius 1 is 1.46 bits per heavy atom. The molecule has 1 aliphatic rings. The molecule has 3 rings (SSSR count). The van der Waals surface area contributed by atoms with Crippen molar-refractivity contribution in [2.24, 2.45) is 5.73 Å². The summed E-state index contributed by atoms with van der Waals surface area (Å²) in [7, 11) is 1.62. The van der Waals surface area contributed by atoms with Gasteiger partial charge in [0.1, 0.15) is 11.6 Å². The van der Waals surface area contributed by atoms with Crippen LogP contribution in [0.1, 0.15) is 11.6 Å². The second-order valence-corrected chi connectivity index (χ2v) is 5.60. The average Bonchev–Trinajstić information content (AvgIpc) is 2.97. The molecule has 8 heteroatoms. The first-order valence-corrected chi connectivity index (χ1v) is 7.85. The fourth-order valence-corrected chi connectivity index (χ4v) is 2.64. The Hall–Kier alpha value is -2.45. The number of amides is 1. The van der Waals surface area contributed by atoms with Gasteiger partial charge in [-0.1, -0.05) is 0 Å². The molecule has 0 bridgehead atoms. The number of primary amides is 1. The second-order valence-electron chi connectivity index (χ2n) is 5.60. The first-order chi connectivity index (χ1) is 11.7. The van der Waals surface area contributed by atoms with Crippen LogP contribution in [0.3, 0.4) is 0 Å². The van der Waals surface area contributed by atoms with Crippen LogP contribution in [0.2, 0.25) is 0 Å². The van der Waals surface area contributed by atoms with E-state index in [9.17, 15) is 4.79 Å². The highest BCUT2D eigenvalue weighted by Gasteiger charge is 2.20. The minimum Gasteiger partial charge on any atom is -0.497 e. The van der Waals surface area contributed by atoms with Crippen LogP contribution in [0.25, 0.3) is 5.69 Å². The van der Waals surface area contributed by atoms with E-state index in [-0.39, 0.29) is 12.5 Å². The summed E-state index contributed by atoms with van der Waals surface area (Å²) in [6, 6.07) is 7.50. The van der Waals surface area contributed by atoms with Gasteiger partial charge in [0, 0.05) is 19.5 Å². The molecule has 1 unspecified atom stereocenters. The van der Waals surface area contributed by atoms with Crippen LogP contribution in [-0.2, 0) is 22.4 Å². The molecule has 1 aromatic carbocycles. The lowest BCUT2D eigenvalue weighted by molar-refractivity contribution is -0.117. The van der Waals surface area contributed by atoms with Gasteiger partial charge < -0.3 is 20.5 Å². The van der Waals surface area contributed by atoms with Crippen molar-refractivity contribution >= 4 is 5.91 Å². The molecular weight excluding hydrogens is 310 g/mol. The number of aromatic nitrogens is 3. The monoisotopic (exact) mass is 331 g/mol. The fraction of sp³-hybridized carbons (Fsp3) is 0.438. The van der Waals surface area contributed by atoms with Crippen LogP contribution >= 0.6 is 0 Å². The van der Waals surface area contributed by atoms with E-state index in [4.69, 9.17) is 15.2 Å². The molecule has 0 saturated carbocycles. The predicted octanol–water partition coefficient (Wildman–Crippen LogP) is -0.165. The molecule has 1 aromatic heterocycles. The Bertz CT molecular complexity index is 692. The molecule has 8 nitrogen and oxygen atoms in total. The number of carbonyl (C=O) groups is 1. The number of morpholine rings is 1. The third kappa shape index (κ3) is 3.90. The lowest BCUT2D eigenvalue weighted by Crippen LogP contribution is -2.40. The van der Waals surface area contributed by atoms with E-state index >= 15 is 0 Å². The van der Waals surface area contributed by atoms with Crippen LogP contribution in [0.4, 0.5) is 0 Å². The van der Waals surface area contributed by atoms with E-state index in [1.807, 2.05) is 24.3 Å². The summed E-state index contributed by atoms with van der Waals surface area (Å²) in [6.45, 7) is 2.30. The molecule has 128 valence electrons. The van der Waals surface area contributed by atoms with Crippen molar-refractivity contribution in [3.05, 3.63) is 35.9 Å². The highest BCUT2D eigenvalue weighted by molar-refractivity contribution is 5.75. The average molecular weight is 331 g/mol. The van der Waals surface area contributed by atoms with E-state index < -0.39 is 5.91 Å². The zero-order chi connectivity index (χ0) is 16.9. The molecule has 0 aliphatic carbocycles. The van der Waals surface area contributed by atoms with Gasteiger partial charge >= 0.3 is 0 Å². The minimum absolute atomic E-state index is 0.0138. The molecule has 2 aromatic rings. The number of rotatable bonds is 6. The van der Waals surface area contributed by atoms with E-state index in [0.29, 0.717) is 18.9 Å². The number of nitrogens with zero attached hydrogens (tertiary/aromatic N) is 3. The van der Waals surface area contributed by atoms with Crippen molar-refractivity contribution in [1.82, 2.24) is 20.1 Å². The molecule has 24 heavy (non-hydrogen) atoms. The number of methoxy groups -OCH3 is 1. The first-order valence-electron chi connectivity index (χ1n) is 7.85. The standard InChI is InChI=1S/C16H21N5O3/c1-23-12-4-2-11(3-5-12)21-16(8-13-10-18-6-7-24-13)19-15(20-21)9-14(17)22/h2-5,13,18H,6-10H2,1H3,(H2,17,22). The zero-order valence-corrected chi connectivity index (χ0v) is 13.6. The predicted molar refractivity (Wildman–Crippen MR) is 87.1 cm³/mol. The van der Waals surface area contributed by atoms with E-state index in [1.54, 1.807) is 11.8 Å². The molecule has 0 radical (unpaired) electrons. The number of nitrogens with one attached hydrogen (secondary N) is 1. The normalized spacial score (nSPS) is 17.6. The van der Waals surface area contributed by atoms with Crippen LogP contribution in [0, 0.1) is 0 Å². The summed E-state index contributed by atoms with van der Waals surface area (Å²) >= 11 is 0. The van der Waals surface area contributed by atoms with Crippen molar-refractivity contribution in [1.29, 1.82) is 0 Å². The summed E-state index contributed by atoms with van der Waals surface area (Å²) in [6.07, 6.45) is 0.645.